The second kappa shape index (κ2) is 5.81. The Labute approximate surface area is 118 Å². The van der Waals surface area contributed by atoms with Crippen LogP contribution in [0.2, 0.25) is 0 Å². The van der Waals surface area contributed by atoms with Crippen molar-refractivity contribution in [2.24, 2.45) is 5.41 Å². The van der Waals surface area contributed by atoms with E-state index in [1.165, 1.54) is 6.07 Å². The van der Waals surface area contributed by atoms with Crippen LogP contribution in [0.25, 0.3) is 0 Å². The first kappa shape index (κ1) is 13.5. The maximum Gasteiger partial charge on any atom is 0.126 e. The Hall–Kier alpha value is 0.0700. The summed E-state index contributed by atoms with van der Waals surface area (Å²) in [5, 5.41) is 0.898. The Balaban J connectivity index is 2.20. The molecular weight excluding hydrogens is 351 g/mol. The summed E-state index contributed by atoms with van der Waals surface area (Å²) < 4.78 is 20.1. The monoisotopic (exact) mass is 364 g/mol. The number of benzene rings is 1. The summed E-state index contributed by atoms with van der Waals surface area (Å²) in [5.74, 6) is -0.111. The van der Waals surface area contributed by atoms with Crippen LogP contribution in [0, 0.1) is 11.2 Å². The lowest BCUT2D eigenvalue weighted by atomic mass is 9.77. The smallest absolute Gasteiger partial charge is 0.126 e. The summed E-state index contributed by atoms with van der Waals surface area (Å²) in [5.41, 5.74) is 0.931. The van der Waals surface area contributed by atoms with Gasteiger partial charge in [0.1, 0.15) is 5.82 Å². The van der Waals surface area contributed by atoms with Crippen molar-refractivity contribution < 1.29 is 9.13 Å². The van der Waals surface area contributed by atoms with E-state index < -0.39 is 0 Å². The van der Waals surface area contributed by atoms with Gasteiger partial charge in [0.2, 0.25) is 0 Å². The van der Waals surface area contributed by atoms with E-state index in [1.54, 1.807) is 6.07 Å². The summed E-state index contributed by atoms with van der Waals surface area (Å²) in [4.78, 5) is 0. The predicted molar refractivity (Wildman–Crippen MR) is 74.1 cm³/mol. The minimum Gasteiger partial charge on any atom is -0.381 e. The Kier molecular flexibility index (Phi) is 4.61. The lowest BCUT2D eigenvalue weighted by molar-refractivity contribution is 0.0266. The van der Waals surface area contributed by atoms with Gasteiger partial charge in [0.15, 0.2) is 0 Å². The number of alkyl halides is 1. The van der Waals surface area contributed by atoms with E-state index in [-0.39, 0.29) is 11.2 Å². The van der Waals surface area contributed by atoms with E-state index in [9.17, 15) is 4.39 Å². The third-order valence-corrected chi connectivity index (χ3v) is 5.09. The molecule has 94 valence electrons. The molecule has 0 saturated carbocycles. The molecule has 1 aromatic carbocycles. The van der Waals surface area contributed by atoms with Gasteiger partial charge in [-0.3, -0.25) is 0 Å². The molecule has 1 heterocycles. The molecule has 0 radical (unpaired) electrons. The number of rotatable bonds is 3. The second-order valence-electron chi connectivity index (χ2n) is 4.66. The molecule has 0 spiro atoms. The number of halogens is 3. The number of hydrogen-bond acceptors (Lipinski definition) is 1. The zero-order chi connectivity index (χ0) is 12.3. The first-order valence-corrected chi connectivity index (χ1v) is 7.64. The molecule has 2 rings (SSSR count). The second-order valence-corrected chi connectivity index (χ2v) is 6.13. The maximum atomic E-state index is 13.8. The molecule has 17 heavy (non-hydrogen) atoms. The fraction of sp³-hybridized carbons (Fsp3) is 0.538. The van der Waals surface area contributed by atoms with Crippen molar-refractivity contribution in [3.8, 4) is 0 Å². The highest BCUT2D eigenvalue weighted by Gasteiger charge is 2.32. The standard InChI is InChI=1S/C13H15Br2FO/c14-9-13(3-5-17-6-4-13)8-10-7-11(15)1-2-12(10)16/h1-2,7H,3-6,8-9H2. The maximum absolute atomic E-state index is 13.8. The molecule has 0 N–H and O–H groups in total. The van der Waals surface area contributed by atoms with Crippen molar-refractivity contribution in [3.63, 3.8) is 0 Å². The van der Waals surface area contributed by atoms with Gasteiger partial charge < -0.3 is 4.74 Å². The molecule has 1 aromatic rings. The zero-order valence-corrected chi connectivity index (χ0v) is 12.7. The highest BCUT2D eigenvalue weighted by molar-refractivity contribution is 9.10. The van der Waals surface area contributed by atoms with Gasteiger partial charge in [-0.15, -0.1) is 0 Å². The first-order valence-electron chi connectivity index (χ1n) is 5.73. The molecule has 1 saturated heterocycles. The van der Waals surface area contributed by atoms with Crippen molar-refractivity contribution in [1.29, 1.82) is 0 Å². The summed E-state index contributed by atoms with van der Waals surface area (Å²) in [6, 6.07) is 5.15. The van der Waals surface area contributed by atoms with Gasteiger partial charge in [0, 0.05) is 23.0 Å². The molecule has 1 nitrogen and oxygen atoms in total. The summed E-state index contributed by atoms with van der Waals surface area (Å²) in [7, 11) is 0. The molecule has 0 atom stereocenters. The van der Waals surface area contributed by atoms with Crippen molar-refractivity contribution in [2.75, 3.05) is 18.5 Å². The predicted octanol–water partition coefficient (Wildman–Crippen LogP) is 4.32. The van der Waals surface area contributed by atoms with E-state index in [1.807, 2.05) is 6.07 Å². The Bertz CT molecular complexity index is 389. The van der Waals surface area contributed by atoms with Crippen LogP contribution in [0.3, 0.4) is 0 Å². The van der Waals surface area contributed by atoms with Gasteiger partial charge in [-0.2, -0.15) is 0 Å². The molecule has 1 aliphatic rings. The Morgan fingerprint density at radius 3 is 2.65 bits per heavy atom. The van der Waals surface area contributed by atoms with Crippen molar-refractivity contribution in [3.05, 3.63) is 34.1 Å². The molecule has 1 aliphatic heterocycles. The lowest BCUT2D eigenvalue weighted by Crippen LogP contribution is -2.33. The normalized spacial score (nSPS) is 19.2. The molecule has 1 fully saturated rings. The highest BCUT2D eigenvalue weighted by Crippen LogP contribution is 2.37. The third kappa shape index (κ3) is 3.30. The molecule has 0 aliphatic carbocycles. The largest absolute Gasteiger partial charge is 0.381 e. The Morgan fingerprint density at radius 2 is 2.00 bits per heavy atom. The van der Waals surface area contributed by atoms with E-state index in [4.69, 9.17) is 4.74 Å². The fourth-order valence-electron chi connectivity index (χ4n) is 2.24. The molecule has 0 bridgehead atoms. The van der Waals surface area contributed by atoms with Crippen LogP contribution in [-0.2, 0) is 11.2 Å². The highest BCUT2D eigenvalue weighted by atomic mass is 79.9. The Morgan fingerprint density at radius 1 is 1.29 bits per heavy atom. The quantitative estimate of drug-likeness (QED) is 0.724. The van der Waals surface area contributed by atoms with Gasteiger partial charge in [0.05, 0.1) is 0 Å². The van der Waals surface area contributed by atoms with E-state index in [0.29, 0.717) is 0 Å². The van der Waals surface area contributed by atoms with Gasteiger partial charge >= 0.3 is 0 Å². The third-order valence-electron chi connectivity index (χ3n) is 3.41. The fourth-order valence-corrected chi connectivity index (χ4v) is 3.41. The number of hydrogen-bond donors (Lipinski definition) is 0. The van der Waals surface area contributed by atoms with Gasteiger partial charge in [0.25, 0.3) is 0 Å². The summed E-state index contributed by atoms with van der Waals surface area (Å²) in [6.07, 6.45) is 2.75. The SMILES string of the molecule is Fc1ccc(Br)cc1CC1(CBr)CCOCC1. The van der Waals surface area contributed by atoms with Crippen LogP contribution >= 0.6 is 31.9 Å². The van der Waals surface area contributed by atoms with Crippen LogP contribution in [0.4, 0.5) is 4.39 Å². The van der Waals surface area contributed by atoms with Crippen LogP contribution in [0.1, 0.15) is 18.4 Å². The van der Waals surface area contributed by atoms with E-state index in [2.05, 4.69) is 31.9 Å². The van der Waals surface area contributed by atoms with E-state index >= 15 is 0 Å². The van der Waals surface area contributed by atoms with Crippen molar-refractivity contribution in [1.82, 2.24) is 0 Å². The topological polar surface area (TPSA) is 9.23 Å². The van der Waals surface area contributed by atoms with Gasteiger partial charge in [-0.1, -0.05) is 31.9 Å². The van der Waals surface area contributed by atoms with Crippen LogP contribution in [0.15, 0.2) is 22.7 Å². The van der Waals surface area contributed by atoms with Crippen molar-refractivity contribution >= 4 is 31.9 Å². The van der Waals surface area contributed by atoms with Crippen LogP contribution < -0.4 is 0 Å². The molecule has 0 aromatic heterocycles. The minimum absolute atomic E-state index is 0.111. The van der Waals surface area contributed by atoms with Crippen molar-refractivity contribution in [2.45, 2.75) is 19.3 Å². The minimum atomic E-state index is -0.111. The summed E-state index contributed by atoms with van der Waals surface area (Å²) in [6.45, 7) is 1.56. The van der Waals surface area contributed by atoms with Crippen LogP contribution in [0.5, 0.6) is 0 Å². The summed E-state index contributed by atoms with van der Waals surface area (Å²) >= 11 is 6.98. The van der Waals surface area contributed by atoms with E-state index in [0.717, 1.165) is 47.8 Å². The zero-order valence-electron chi connectivity index (χ0n) is 9.52. The molecule has 0 amide bonds. The molecular formula is C13H15Br2FO. The number of ether oxygens (including phenoxy) is 1. The average Bonchev–Trinajstić information content (AvgIpc) is 2.35. The molecule has 4 heteroatoms. The average molecular weight is 366 g/mol. The molecule has 0 unspecified atom stereocenters. The van der Waals surface area contributed by atoms with Gasteiger partial charge in [-0.25, -0.2) is 4.39 Å². The van der Waals surface area contributed by atoms with Crippen LogP contribution in [-0.4, -0.2) is 18.5 Å². The lowest BCUT2D eigenvalue weighted by Gasteiger charge is -2.36. The first-order chi connectivity index (χ1) is 8.15. The van der Waals surface area contributed by atoms with Gasteiger partial charge in [-0.05, 0) is 48.4 Å².